The maximum absolute atomic E-state index is 5.90. The number of anilines is 1. The third-order valence-corrected chi connectivity index (χ3v) is 3.43. The minimum atomic E-state index is 0.528. The Morgan fingerprint density at radius 3 is 2.89 bits per heavy atom. The third-order valence-electron chi connectivity index (χ3n) is 3.26. The molecule has 1 fully saturated rings. The molecule has 1 aromatic heterocycles. The molecule has 100 valence electrons. The number of nitrogens with zero attached hydrogens (tertiary/aromatic N) is 3. The summed E-state index contributed by atoms with van der Waals surface area (Å²) in [5, 5.41) is 0. The summed E-state index contributed by atoms with van der Waals surface area (Å²) < 4.78 is 5.43. The summed E-state index contributed by atoms with van der Waals surface area (Å²) in [4.78, 5) is 11.0. The molecule has 0 saturated heterocycles. The average Bonchev–Trinajstić information content (AvgIpc) is 2.90. The van der Waals surface area contributed by atoms with Crippen LogP contribution in [0.1, 0.15) is 32.6 Å². The minimum absolute atomic E-state index is 0.528. The summed E-state index contributed by atoms with van der Waals surface area (Å²) in [7, 11) is 0. The highest BCUT2D eigenvalue weighted by molar-refractivity contribution is 6.18. The molecular formula is C13H20ClN3O. The van der Waals surface area contributed by atoms with Crippen molar-refractivity contribution in [1.82, 2.24) is 9.97 Å². The first-order valence-electron chi connectivity index (χ1n) is 6.63. The van der Waals surface area contributed by atoms with Gasteiger partial charge in [-0.05, 0) is 19.8 Å². The zero-order valence-electron chi connectivity index (χ0n) is 10.8. The molecule has 5 heteroatoms. The Morgan fingerprint density at radius 2 is 2.22 bits per heavy atom. The quantitative estimate of drug-likeness (QED) is 0.745. The summed E-state index contributed by atoms with van der Waals surface area (Å²) in [5.74, 6) is 1.98. The van der Waals surface area contributed by atoms with Gasteiger partial charge in [0.1, 0.15) is 0 Å². The highest BCUT2D eigenvalue weighted by atomic mass is 35.5. The molecule has 0 spiro atoms. The smallest absolute Gasteiger partial charge is 0.228 e. The van der Waals surface area contributed by atoms with E-state index in [0.717, 1.165) is 12.5 Å². The normalized spacial score (nSPS) is 15.9. The van der Waals surface area contributed by atoms with E-state index in [1.54, 1.807) is 12.3 Å². The first kappa shape index (κ1) is 13.4. The molecule has 0 N–H and O–H groups in total. The second kappa shape index (κ2) is 6.78. The second-order valence-electron chi connectivity index (χ2n) is 4.45. The van der Waals surface area contributed by atoms with Crippen LogP contribution in [0.25, 0.3) is 0 Å². The highest BCUT2D eigenvalue weighted by Crippen LogP contribution is 2.26. The van der Waals surface area contributed by atoms with Gasteiger partial charge in [-0.2, -0.15) is 4.98 Å². The van der Waals surface area contributed by atoms with Crippen molar-refractivity contribution < 1.29 is 4.74 Å². The molecule has 0 aliphatic heterocycles. The predicted molar refractivity (Wildman–Crippen MR) is 73.5 cm³/mol. The van der Waals surface area contributed by atoms with Crippen LogP contribution >= 0.6 is 11.6 Å². The number of halogens is 1. The lowest BCUT2D eigenvalue weighted by atomic mass is 10.2. The molecular weight excluding hydrogens is 250 g/mol. The monoisotopic (exact) mass is 269 g/mol. The van der Waals surface area contributed by atoms with Crippen LogP contribution in [0.15, 0.2) is 12.3 Å². The molecule has 1 heterocycles. The molecule has 1 aliphatic rings. The molecule has 1 aliphatic carbocycles. The third kappa shape index (κ3) is 3.25. The van der Waals surface area contributed by atoms with E-state index in [1.807, 2.05) is 6.92 Å². The Kier molecular flexibility index (Phi) is 5.05. The lowest BCUT2D eigenvalue weighted by Crippen LogP contribution is -2.36. The van der Waals surface area contributed by atoms with Crippen molar-refractivity contribution in [2.24, 2.45) is 0 Å². The number of hydrogen-bond acceptors (Lipinski definition) is 4. The summed E-state index contributed by atoms with van der Waals surface area (Å²) in [6.07, 6.45) is 6.74. The number of hydrogen-bond donors (Lipinski definition) is 0. The molecule has 4 nitrogen and oxygen atoms in total. The number of rotatable bonds is 6. The van der Waals surface area contributed by atoms with Gasteiger partial charge in [0.25, 0.3) is 0 Å². The van der Waals surface area contributed by atoms with Crippen LogP contribution in [0.4, 0.5) is 5.95 Å². The molecule has 1 saturated carbocycles. The molecule has 0 amide bonds. The summed E-state index contributed by atoms with van der Waals surface area (Å²) in [5.41, 5.74) is 0. The molecule has 0 aromatic carbocycles. The Morgan fingerprint density at radius 1 is 1.44 bits per heavy atom. The van der Waals surface area contributed by atoms with Crippen molar-refractivity contribution in [1.29, 1.82) is 0 Å². The van der Waals surface area contributed by atoms with Gasteiger partial charge in [0.15, 0.2) is 0 Å². The summed E-state index contributed by atoms with van der Waals surface area (Å²) in [6.45, 7) is 3.37. The van der Waals surface area contributed by atoms with Gasteiger partial charge in [-0.25, -0.2) is 4.98 Å². The first-order chi connectivity index (χ1) is 8.85. The molecule has 0 unspecified atom stereocenters. The topological polar surface area (TPSA) is 38.2 Å². The van der Waals surface area contributed by atoms with E-state index >= 15 is 0 Å². The largest absolute Gasteiger partial charge is 0.478 e. The highest BCUT2D eigenvalue weighted by Gasteiger charge is 2.24. The predicted octanol–water partition coefficient (Wildman–Crippen LogP) is 2.86. The van der Waals surface area contributed by atoms with Crippen LogP contribution in [0.5, 0.6) is 5.88 Å². The van der Waals surface area contributed by atoms with Gasteiger partial charge in [-0.15, -0.1) is 11.6 Å². The van der Waals surface area contributed by atoms with Crippen molar-refractivity contribution in [3.8, 4) is 5.88 Å². The Bertz CT molecular complexity index is 369. The zero-order chi connectivity index (χ0) is 12.8. The van der Waals surface area contributed by atoms with Gasteiger partial charge in [0.2, 0.25) is 11.8 Å². The van der Waals surface area contributed by atoms with E-state index < -0.39 is 0 Å². The fourth-order valence-electron chi connectivity index (χ4n) is 2.45. The van der Waals surface area contributed by atoms with E-state index in [4.69, 9.17) is 16.3 Å². The standard InChI is InChI=1S/C13H20ClN3O/c1-2-18-12-7-9-15-13(16-12)17(10-8-14)11-5-3-4-6-11/h7,9,11H,2-6,8,10H2,1H3. The van der Waals surface area contributed by atoms with Crippen molar-refractivity contribution in [2.45, 2.75) is 38.6 Å². The van der Waals surface area contributed by atoms with E-state index in [-0.39, 0.29) is 0 Å². The number of alkyl halides is 1. The Balaban J connectivity index is 2.15. The first-order valence-corrected chi connectivity index (χ1v) is 7.17. The molecule has 2 rings (SSSR count). The van der Waals surface area contributed by atoms with Crippen LogP contribution in [-0.2, 0) is 0 Å². The lowest BCUT2D eigenvalue weighted by molar-refractivity contribution is 0.326. The van der Waals surface area contributed by atoms with Gasteiger partial charge in [-0.3, -0.25) is 0 Å². The maximum Gasteiger partial charge on any atom is 0.228 e. The second-order valence-corrected chi connectivity index (χ2v) is 4.83. The number of ether oxygens (including phenoxy) is 1. The number of aromatic nitrogens is 2. The van der Waals surface area contributed by atoms with E-state index in [1.165, 1.54) is 25.7 Å². The fraction of sp³-hybridized carbons (Fsp3) is 0.692. The van der Waals surface area contributed by atoms with Crippen molar-refractivity contribution >= 4 is 17.5 Å². The minimum Gasteiger partial charge on any atom is -0.478 e. The van der Waals surface area contributed by atoms with Crippen molar-refractivity contribution in [3.63, 3.8) is 0 Å². The van der Waals surface area contributed by atoms with Crippen molar-refractivity contribution in [2.75, 3.05) is 23.9 Å². The molecule has 0 radical (unpaired) electrons. The molecule has 0 bridgehead atoms. The molecule has 18 heavy (non-hydrogen) atoms. The Labute approximate surface area is 113 Å². The maximum atomic E-state index is 5.90. The lowest BCUT2D eigenvalue weighted by Gasteiger charge is -2.28. The van der Waals surface area contributed by atoms with Crippen LogP contribution in [0.3, 0.4) is 0 Å². The van der Waals surface area contributed by atoms with Gasteiger partial charge in [-0.1, -0.05) is 12.8 Å². The van der Waals surface area contributed by atoms with E-state index in [9.17, 15) is 0 Å². The molecule has 1 aromatic rings. The zero-order valence-corrected chi connectivity index (χ0v) is 11.6. The van der Waals surface area contributed by atoms with Crippen LogP contribution in [-0.4, -0.2) is 35.0 Å². The Hall–Kier alpha value is -1.03. The fourth-order valence-corrected chi connectivity index (χ4v) is 2.63. The van der Waals surface area contributed by atoms with Gasteiger partial charge in [0.05, 0.1) is 6.61 Å². The van der Waals surface area contributed by atoms with E-state index in [0.29, 0.717) is 24.4 Å². The summed E-state index contributed by atoms with van der Waals surface area (Å²) >= 11 is 5.90. The average molecular weight is 270 g/mol. The van der Waals surface area contributed by atoms with Crippen LogP contribution < -0.4 is 9.64 Å². The van der Waals surface area contributed by atoms with Gasteiger partial charge in [0, 0.05) is 30.7 Å². The molecule has 0 atom stereocenters. The summed E-state index contributed by atoms with van der Waals surface area (Å²) in [6, 6.07) is 2.32. The van der Waals surface area contributed by atoms with Gasteiger partial charge >= 0.3 is 0 Å². The van der Waals surface area contributed by atoms with Gasteiger partial charge < -0.3 is 9.64 Å². The van der Waals surface area contributed by atoms with Crippen LogP contribution in [0, 0.1) is 0 Å². The van der Waals surface area contributed by atoms with E-state index in [2.05, 4.69) is 14.9 Å². The SMILES string of the molecule is CCOc1ccnc(N(CCCl)C2CCCC2)n1. The van der Waals surface area contributed by atoms with Crippen molar-refractivity contribution in [3.05, 3.63) is 12.3 Å². The van der Waals surface area contributed by atoms with Crippen LogP contribution in [0.2, 0.25) is 0 Å².